The number of hydrogen-bond donors (Lipinski definition) is 2. The molecular weight excluding hydrogens is 339 g/mol. The molecule has 0 bridgehead atoms. The summed E-state index contributed by atoms with van der Waals surface area (Å²) in [6, 6.07) is 8.26. The van der Waals surface area contributed by atoms with Crippen molar-refractivity contribution in [2.75, 3.05) is 0 Å². The third kappa shape index (κ3) is 4.04. The van der Waals surface area contributed by atoms with E-state index in [0.717, 1.165) is 14.0 Å². The SMILES string of the molecule is NC(=O)N(O)Cc1ccc(Sc2ccc(Cl)c(Cl)c2)s1. The Morgan fingerprint density at radius 3 is 2.70 bits per heavy atom. The smallest absolute Gasteiger partial charge is 0.338 e. The maximum absolute atomic E-state index is 10.7. The van der Waals surface area contributed by atoms with E-state index in [4.69, 9.17) is 28.9 Å². The molecule has 0 fully saturated rings. The Balaban J connectivity index is 2.05. The highest BCUT2D eigenvalue weighted by molar-refractivity contribution is 8.01. The molecule has 0 saturated heterocycles. The zero-order valence-electron chi connectivity index (χ0n) is 10.0. The number of nitrogens with zero attached hydrogens (tertiary/aromatic N) is 1. The summed E-state index contributed by atoms with van der Waals surface area (Å²) in [7, 11) is 0. The number of urea groups is 1. The molecule has 0 aliphatic rings. The number of thiophene rings is 1. The van der Waals surface area contributed by atoms with Crippen molar-refractivity contribution < 1.29 is 10.0 Å². The lowest BCUT2D eigenvalue weighted by Crippen LogP contribution is -2.31. The van der Waals surface area contributed by atoms with Gasteiger partial charge in [0, 0.05) is 9.77 Å². The Labute approximate surface area is 134 Å². The summed E-state index contributed by atoms with van der Waals surface area (Å²) in [6.45, 7) is 0.0714. The second kappa shape index (κ2) is 6.69. The van der Waals surface area contributed by atoms with Gasteiger partial charge in [-0.3, -0.25) is 5.21 Å². The minimum Gasteiger partial charge on any atom is -0.350 e. The van der Waals surface area contributed by atoms with E-state index in [9.17, 15) is 10.0 Å². The molecule has 0 unspecified atom stereocenters. The molecule has 1 aromatic carbocycles. The van der Waals surface area contributed by atoms with Crippen LogP contribution in [0.3, 0.4) is 0 Å². The summed E-state index contributed by atoms with van der Waals surface area (Å²) >= 11 is 14.8. The molecule has 1 aromatic heterocycles. The predicted octanol–water partition coefficient (Wildman–Crippen LogP) is 4.48. The fraction of sp³-hybridized carbons (Fsp3) is 0.0833. The Morgan fingerprint density at radius 2 is 2.05 bits per heavy atom. The summed E-state index contributed by atoms with van der Waals surface area (Å²) in [5, 5.41) is 10.8. The van der Waals surface area contributed by atoms with Gasteiger partial charge in [0.05, 0.1) is 20.8 Å². The third-order valence-electron chi connectivity index (χ3n) is 2.31. The summed E-state index contributed by atoms with van der Waals surface area (Å²) in [4.78, 5) is 12.5. The van der Waals surface area contributed by atoms with Crippen LogP contribution in [0.5, 0.6) is 0 Å². The maximum atomic E-state index is 10.7. The van der Waals surface area contributed by atoms with Gasteiger partial charge in [-0.1, -0.05) is 35.0 Å². The van der Waals surface area contributed by atoms with Crippen LogP contribution in [0.15, 0.2) is 39.4 Å². The summed E-state index contributed by atoms with van der Waals surface area (Å²) in [5.74, 6) is 0. The Morgan fingerprint density at radius 1 is 1.30 bits per heavy atom. The van der Waals surface area contributed by atoms with Gasteiger partial charge in [-0.25, -0.2) is 9.86 Å². The van der Waals surface area contributed by atoms with E-state index in [1.54, 1.807) is 12.1 Å². The molecule has 0 aliphatic carbocycles. The van der Waals surface area contributed by atoms with Crippen LogP contribution < -0.4 is 5.73 Å². The molecule has 0 aliphatic heterocycles. The average molecular weight is 349 g/mol. The molecule has 0 radical (unpaired) electrons. The number of carbonyl (C=O) groups is 1. The molecule has 106 valence electrons. The quantitative estimate of drug-likeness (QED) is 0.632. The van der Waals surface area contributed by atoms with E-state index in [2.05, 4.69) is 0 Å². The average Bonchev–Trinajstić information content (AvgIpc) is 2.81. The number of halogens is 2. The highest BCUT2D eigenvalue weighted by atomic mass is 35.5. The van der Waals surface area contributed by atoms with Crippen molar-refractivity contribution >= 4 is 52.3 Å². The summed E-state index contributed by atoms with van der Waals surface area (Å²) in [6.07, 6.45) is 0. The molecular formula is C12H10Cl2N2O2S2. The minimum atomic E-state index is -0.878. The van der Waals surface area contributed by atoms with Crippen LogP contribution >= 0.6 is 46.3 Å². The molecule has 0 spiro atoms. The van der Waals surface area contributed by atoms with Gasteiger partial charge in [0.2, 0.25) is 0 Å². The van der Waals surface area contributed by atoms with Gasteiger partial charge < -0.3 is 5.73 Å². The number of primary amides is 1. The maximum Gasteiger partial charge on any atom is 0.338 e. The molecule has 20 heavy (non-hydrogen) atoms. The van der Waals surface area contributed by atoms with E-state index in [-0.39, 0.29) is 6.54 Å². The number of amides is 2. The van der Waals surface area contributed by atoms with E-state index in [1.807, 2.05) is 18.2 Å². The number of hydroxylamine groups is 2. The Bertz CT molecular complexity index is 634. The van der Waals surface area contributed by atoms with Crippen LogP contribution in [0, 0.1) is 0 Å². The molecule has 1 heterocycles. The zero-order valence-corrected chi connectivity index (χ0v) is 13.2. The molecule has 8 heteroatoms. The molecule has 0 saturated carbocycles. The fourth-order valence-corrected chi connectivity index (χ4v) is 3.92. The number of carbonyl (C=O) groups excluding carboxylic acids is 1. The second-order valence-electron chi connectivity index (χ2n) is 3.79. The zero-order chi connectivity index (χ0) is 14.7. The van der Waals surface area contributed by atoms with Gasteiger partial charge in [-0.15, -0.1) is 11.3 Å². The lowest BCUT2D eigenvalue weighted by Gasteiger charge is -2.09. The largest absolute Gasteiger partial charge is 0.350 e. The lowest BCUT2D eigenvalue weighted by atomic mass is 10.4. The van der Waals surface area contributed by atoms with Crippen molar-refractivity contribution in [3.8, 4) is 0 Å². The first-order chi connectivity index (χ1) is 9.45. The van der Waals surface area contributed by atoms with E-state index in [0.29, 0.717) is 15.1 Å². The second-order valence-corrected chi connectivity index (χ2v) is 7.15. The number of benzene rings is 1. The van der Waals surface area contributed by atoms with Crippen LogP contribution in [-0.2, 0) is 6.54 Å². The number of hydrogen-bond acceptors (Lipinski definition) is 4. The highest BCUT2D eigenvalue weighted by Gasteiger charge is 2.10. The molecule has 4 nitrogen and oxygen atoms in total. The van der Waals surface area contributed by atoms with Crippen LogP contribution in [0.4, 0.5) is 4.79 Å². The van der Waals surface area contributed by atoms with Gasteiger partial charge in [0.25, 0.3) is 0 Å². The van der Waals surface area contributed by atoms with Gasteiger partial charge in [0.15, 0.2) is 0 Å². The van der Waals surface area contributed by atoms with Gasteiger partial charge in [-0.05, 0) is 30.3 Å². The van der Waals surface area contributed by atoms with Crippen LogP contribution in [0.1, 0.15) is 4.88 Å². The van der Waals surface area contributed by atoms with Gasteiger partial charge >= 0.3 is 6.03 Å². The normalized spacial score (nSPS) is 10.6. The lowest BCUT2D eigenvalue weighted by molar-refractivity contribution is -0.0462. The van der Waals surface area contributed by atoms with Gasteiger partial charge in [0.1, 0.15) is 0 Å². The Kier molecular flexibility index (Phi) is 5.17. The van der Waals surface area contributed by atoms with E-state index >= 15 is 0 Å². The first-order valence-corrected chi connectivity index (χ1v) is 7.82. The van der Waals surface area contributed by atoms with E-state index in [1.165, 1.54) is 23.1 Å². The number of rotatable bonds is 4. The van der Waals surface area contributed by atoms with Crippen molar-refractivity contribution in [3.05, 3.63) is 45.3 Å². The monoisotopic (exact) mass is 348 g/mol. The Hall–Kier alpha value is -0.920. The summed E-state index contributed by atoms with van der Waals surface area (Å²) in [5.41, 5.74) is 4.95. The molecule has 3 N–H and O–H groups in total. The standard InChI is InChI=1S/C12H10Cl2N2O2S2/c13-9-3-1-7(5-10(9)14)19-11-4-2-8(20-11)6-16(18)12(15)17/h1-5,18H,6H2,(H2,15,17). The van der Waals surface area contributed by atoms with Crippen molar-refractivity contribution in [1.82, 2.24) is 5.06 Å². The van der Waals surface area contributed by atoms with Crippen LogP contribution in [0.2, 0.25) is 10.0 Å². The van der Waals surface area contributed by atoms with Gasteiger partial charge in [-0.2, -0.15) is 0 Å². The van der Waals surface area contributed by atoms with Crippen molar-refractivity contribution in [2.45, 2.75) is 15.6 Å². The van der Waals surface area contributed by atoms with E-state index < -0.39 is 6.03 Å². The first-order valence-electron chi connectivity index (χ1n) is 5.43. The summed E-state index contributed by atoms with van der Waals surface area (Å²) < 4.78 is 1.01. The fourth-order valence-electron chi connectivity index (χ4n) is 1.38. The number of nitrogens with two attached hydrogens (primary N) is 1. The third-order valence-corrected chi connectivity index (χ3v) is 5.24. The molecule has 2 rings (SSSR count). The van der Waals surface area contributed by atoms with Crippen LogP contribution in [-0.4, -0.2) is 16.3 Å². The molecule has 0 atom stereocenters. The molecule has 2 aromatic rings. The predicted molar refractivity (Wildman–Crippen MR) is 81.8 cm³/mol. The van der Waals surface area contributed by atoms with Crippen molar-refractivity contribution in [2.24, 2.45) is 5.73 Å². The van der Waals surface area contributed by atoms with Crippen LogP contribution in [0.25, 0.3) is 0 Å². The topological polar surface area (TPSA) is 66.6 Å². The van der Waals surface area contributed by atoms with Crippen molar-refractivity contribution in [3.63, 3.8) is 0 Å². The highest BCUT2D eigenvalue weighted by Crippen LogP contribution is 2.36. The minimum absolute atomic E-state index is 0.0714. The first kappa shape index (κ1) is 15.5. The van der Waals surface area contributed by atoms with Crippen molar-refractivity contribution in [1.29, 1.82) is 0 Å². The molecule has 2 amide bonds.